The molecular formula is C15H22BrN3O2. The highest BCUT2D eigenvalue weighted by Gasteiger charge is 2.29. The molecule has 1 fully saturated rings. The van der Waals surface area contributed by atoms with Crippen molar-refractivity contribution < 1.29 is 4.92 Å². The van der Waals surface area contributed by atoms with Crippen molar-refractivity contribution >= 4 is 27.3 Å². The standard InChI is InChI=1S/C15H22BrN3O2/c1-3-11-4-5-18(12(7-11)9-17)15-6-10(2)14(19(20)21)8-13(15)16/h6,8,11-12H,3-5,7,9,17H2,1-2H3. The van der Waals surface area contributed by atoms with Gasteiger partial charge in [0.05, 0.1) is 10.6 Å². The Kier molecular flexibility index (Phi) is 5.22. The molecule has 6 heteroatoms. The van der Waals surface area contributed by atoms with E-state index in [9.17, 15) is 10.1 Å². The largest absolute Gasteiger partial charge is 0.366 e. The molecule has 116 valence electrons. The SMILES string of the molecule is CCC1CCN(c2cc(C)c([N+](=O)[O-])cc2Br)C(CN)C1. The first-order valence-electron chi connectivity index (χ1n) is 7.39. The number of aryl methyl sites for hydroxylation is 1. The maximum atomic E-state index is 11.0. The fourth-order valence-electron chi connectivity index (χ4n) is 3.12. The summed E-state index contributed by atoms with van der Waals surface area (Å²) in [6.45, 7) is 5.57. The first kappa shape index (κ1) is 16.2. The lowest BCUT2D eigenvalue weighted by Crippen LogP contribution is -2.47. The third-order valence-electron chi connectivity index (χ3n) is 4.45. The van der Waals surface area contributed by atoms with Crippen LogP contribution in [0.25, 0.3) is 0 Å². The molecular weight excluding hydrogens is 334 g/mol. The summed E-state index contributed by atoms with van der Waals surface area (Å²) in [6.07, 6.45) is 3.43. The van der Waals surface area contributed by atoms with Gasteiger partial charge in [-0.05, 0) is 47.7 Å². The van der Waals surface area contributed by atoms with E-state index in [1.807, 2.05) is 6.07 Å². The van der Waals surface area contributed by atoms with E-state index in [0.29, 0.717) is 18.2 Å². The number of piperidine rings is 1. The second-order valence-corrected chi connectivity index (χ2v) is 6.58. The number of nitro benzene ring substituents is 1. The van der Waals surface area contributed by atoms with Gasteiger partial charge in [-0.25, -0.2) is 0 Å². The number of nitro groups is 1. The zero-order valence-electron chi connectivity index (χ0n) is 12.5. The highest BCUT2D eigenvalue weighted by atomic mass is 79.9. The lowest BCUT2D eigenvalue weighted by Gasteiger charge is -2.41. The minimum atomic E-state index is -0.340. The van der Waals surface area contributed by atoms with E-state index in [1.54, 1.807) is 13.0 Å². The fraction of sp³-hybridized carbons (Fsp3) is 0.600. The van der Waals surface area contributed by atoms with Gasteiger partial charge in [-0.2, -0.15) is 0 Å². The van der Waals surface area contributed by atoms with Crippen molar-refractivity contribution in [2.24, 2.45) is 11.7 Å². The molecule has 2 atom stereocenters. The Bertz CT molecular complexity index is 536. The van der Waals surface area contributed by atoms with Crippen LogP contribution in [0.2, 0.25) is 0 Å². The highest BCUT2D eigenvalue weighted by Crippen LogP contribution is 2.37. The second kappa shape index (κ2) is 6.75. The predicted octanol–water partition coefficient (Wildman–Crippen LogP) is 3.62. The van der Waals surface area contributed by atoms with E-state index in [2.05, 4.69) is 27.8 Å². The topological polar surface area (TPSA) is 72.4 Å². The molecule has 0 amide bonds. The van der Waals surface area contributed by atoms with Crippen molar-refractivity contribution in [3.05, 3.63) is 32.3 Å². The van der Waals surface area contributed by atoms with Crippen molar-refractivity contribution in [1.29, 1.82) is 0 Å². The molecule has 5 nitrogen and oxygen atoms in total. The average Bonchev–Trinajstić information content (AvgIpc) is 2.48. The molecule has 1 aromatic carbocycles. The smallest absolute Gasteiger partial charge is 0.273 e. The summed E-state index contributed by atoms with van der Waals surface area (Å²) in [5.74, 6) is 0.729. The summed E-state index contributed by atoms with van der Waals surface area (Å²) in [4.78, 5) is 13.0. The number of nitrogens with two attached hydrogens (primary N) is 1. The third kappa shape index (κ3) is 3.37. The normalized spacial score (nSPS) is 22.4. The van der Waals surface area contributed by atoms with Crippen molar-refractivity contribution in [2.75, 3.05) is 18.0 Å². The Morgan fingerprint density at radius 2 is 2.24 bits per heavy atom. The molecule has 2 unspecified atom stereocenters. The third-order valence-corrected chi connectivity index (χ3v) is 5.08. The number of halogens is 1. The molecule has 21 heavy (non-hydrogen) atoms. The molecule has 1 aliphatic heterocycles. The van der Waals surface area contributed by atoms with Gasteiger partial charge in [-0.15, -0.1) is 0 Å². The van der Waals surface area contributed by atoms with Gasteiger partial charge in [-0.1, -0.05) is 13.3 Å². The molecule has 2 rings (SSSR count). The molecule has 1 aromatic rings. The van der Waals surface area contributed by atoms with Crippen LogP contribution in [0.1, 0.15) is 31.7 Å². The highest BCUT2D eigenvalue weighted by molar-refractivity contribution is 9.10. The Balaban J connectivity index is 2.33. The van der Waals surface area contributed by atoms with Gasteiger partial charge >= 0.3 is 0 Å². The van der Waals surface area contributed by atoms with Crippen LogP contribution in [0.5, 0.6) is 0 Å². The monoisotopic (exact) mass is 355 g/mol. The number of hydrogen-bond acceptors (Lipinski definition) is 4. The van der Waals surface area contributed by atoms with Crippen LogP contribution in [-0.4, -0.2) is 24.1 Å². The minimum Gasteiger partial charge on any atom is -0.366 e. The van der Waals surface area contributed by atoms with Crippen molar-refractivity contribution in [2.45, 2.75) is 39.2 Å². The van der Waals surface area contributed by atoms with Gasteiger partial charge in [0.15, 0.2) is 0 Å². The summed E-state index contributed by atoms with van der Waals surface area (Å²) in [7, 11) is 0. The number of rotatable bonds is 4. The summed E-state index contributed by atoms with van der Waals surface area (Å²) in [5, 5.41) is 11.0. The van der Waals surface area contributed by atoms with Gasteiger partial charge in [-0.3, -0.25) is 10.1 Å². The molecule has 0 aromatic heterocycles. The molecule has 0 aliphatic carbocycles. The van der Waals surface area contributed by atoms with Crippen molar-refractivity contribution in [3.63, 3.8) is 0 Å². The maximum absolute atomic E-state index is 11.0. The van der Waals surface area contributed by atoms with Crippen LogP contribution in [-0.2, 0) is 0 Å². The fourth-order valence-corrected chi connectivity index (χ4v) is 3.68. The molecule has 1 heterocycles. The van der Waals surface area contributed by atoms with E-state index in [1.165, 1.54) is 6.42 Å². The van der Waals surface area contributed by atoms with Crippen LogP contribution in [0.4, 0.5) is 11.4 Å². The van der Waals surface area contributed by atoms with E-state index in [0.717, 1.165) is 35.5 Å². The zero-order valence-corrected chi connectivity index (χ0v) is 14.1. The second-order valence-electron chi connectivity index (χ2n) is 5.73. The average molecular weight is 356 g/mol. The van der Waals surface area contributed by atoms with E-state index < -0.39 is 0 Å². The van der Waals surface area contributed by atoms with Gasteiger partial charge in [0.1, 0.15) is 0 Å². The molecule has 1 aliphatic rings. The van der Waals surface area contributed by atoms with Crippen LogP contribution in [0, 0.1) is 23.0 Å². The maximum Gasteiger partial charge on any atom is 0.273 e. The van der Waals surface area contributed by atoms with Gasteiger partial charge in [0, 0.05) is 35.2 Å². The van der Waals surface area contributed by atoms with Gasteiger partial charge in [0.25, 0.3) is 5.69 Å². The van der Waals surface area contributed by atoms with E-state index >= 15 is 0 Å². The predicted molar refractivity (Wildman–Crippen MR) is 88.7 cm³/mol. The Morgan fingerprint density at radius 3 is 2.81 bits per heavy atom. The van der Waals surface area contributed by atoms with Crippen LogP contribution in [0.3, 0.4) is 0 Å². The lowest BCUT2D eigenvalue weighted by molar-refractivity contribution is -0.385. The zero-order chi connectivity index (χ0) is 15.6. The first-order chi connectivity index (χ1) is 9.97. The number of benzene rings is 1. The molecule has 1 saturated heterocycles. The van der Waals surface area contributed by atoms with Crippen molar-refractivity contribution in [1.82, 2.24) is 0 Å². The Morgan fingerprint density at radius 1 is 1.52 bits per heavy atom. The van der Waals surface area contributed by atoms with E-state index in [4.69, 9.17) is 5.73 Å². The molecule has 0 radical (unpaired) electrons. The van der Waals surface area contributed by atoms with Crippen molar-refractivity contribution in [3.8, 4) is 0 Å². The molecule has 2 N–H and O–H groups in total. The lowest BCUT2D eigenvalue weighted by atomic mass is 9.88. The summed E-state index contributed by atoms with van der Waals surface area (Å²) in [5.41, 5.74) is 7.80. The Hall–Kier alpha value is -1.14. The van der Waals surface area contributed by atoms with Gasteiger partial charge in [0.2, 0.25) is 0 Å². The number of nitrogens with zero attached hydrogens (tertiary/aromatic N) is 2. The molecule has 0 bridgehead atoms. The van der Waals surface area contributed by atoms with Crippen LogP contribution in [0.15, 0.2) is 16.6 Å². The van der Waals surface area contributed by atoms with E-state index in [-0.39, 0.29) is 10.6 Å². The first-order valence-corrected chi connectivity index (χ1v) is 8.18. The number of hydrogen-bond donors (Lipinski definition) is 1. The number of anilines is 1. The minimum absolute atomic E-state index is 0.151. The Labute approximate surface area is 133 Å². The molecule has 0 spiro atoms. The van der Waals surface area contributed by atoms with Gasteiger partial charge < -0.3 is 10.6 Å². The summed E-state index contributed by atoms with van der Waals surface area (Å²) >= 11 is 3.49. The summed E-state index contributed by atoms with van der Waals surface area (Å²) in [6, 6.07) is 3.81. The molecule has 0 saturated carbocycles. The summed E-state index contributed by atoms with van der Waals surface area (Å²) < 4.78 is 0.771. The van der Waals surface area contributed by atoms with Crippen LogP contribution >= 0.6 is 15.9 Å². The quantitative estimate of drug-likeness (QED) is 0.661. The van der Waals surface area contributed by atoms with Crippen LogP contribution < -0.4 is 10.6 Å².